The van der Waals surface area contributed by atoms with E-state index in [9.17, 15) is 32.8 Å². The topological polar surface area (TPSA) is 229 Å². The number of fused-ring (bicyclic) bond motifs is 2. The Bertz CT molecular complexity index is 3700. The molecule has 0 saturated carbocycles. The number of anilines is 2. The van der Waals surface area contributed by atoms with E-state index in [4.69, 9.17) is 47.7 Å². The fourth-order valence-electron chi connectivity index (χ4n) is 13.7. The predicted octanol–water partition coefficient (Wildman–Crippen LogP) is 9.83. The molecule has 2 aromatic heterocycles. The average Bonchev–Trinajstić information content (AvgIpc) is 1.65. The minimum Gasteiger partial charge on any atom is -0.493 e. The Morgan fingerprint density at radius 3 is 2.19 bits per heavy atom. The minimum absolute atomic E-state index is 0.00472. The number of rotatable bonds is 30. The van der Waals surface area contributed by atoms with Gasteiger partial charge in [0.25, 0.3) is 12.3 Å². The predicted molar refractivity (Wildman–Crippen MR) is 357 cm³/mol. The van der Waals surface area contributed by atoms with Crippen LogP contribution in [0.4, 0.5) is 20.3 Å². The number of ether oxygens (including phenoxy) is 9. The standard InChI is InChI=1S/C72H91F2N9O14/c1-9-54(50-39-64(91-6)68(93-8)65(40-50)92-7)71(87)82-27-11-10-17-59(82)72(88)97-61(20-18-47-19-21-62(89-4)63(36-47)90-5)49-14-12-16-53(37-49)96-45-66(85)75-26-33-95-35-34-94-32-25-67(86)79-29-22-52(23-30-79)83-58-24-31-80(46(2)84)44-57(58)70(77-83)81-28-13-15-48-38-55(51-42-76-78(3)43-51)56(69(73)74)41-60(48)81/h12,14,16,19,21,36-43,52,54,59,61,69H,9-11,13,15,17-18,20,22-35,44-45H2,1-8H3,(H,75,85)/t54-,59-,61+/m0/s1. The number of benzene rings is 4. The summed E-state index contributed by atoms with van der Waals surface area (Å²) in [6.45, 7) is 7.33. The van der Waals surface area contributed by atoms with Crippen molar-refractivity contribution in [3.63, 3.8) is 0 Å². The number of methoxy groups -OCH3 is 5. The number of amides is 4. The second-order valence-corrected chi connectivity index (χ2v) is 24.8. The number of nitrogens with one attached hydrogen (secondary N) is 1. The first-order chi connectivity index (χ1) is 47.0. The third-order valence-electron chi connectivity index (χ3n) is 18.8. The van der Waals surface area contributed by atoms with E-state index in [1.807, 2.05) is 47.1 Å². The molecule has 4 amide bonds. The van der Waals surface area contributed by atoms with Crippen LogP contribution < -0.4 is 38.6 Å². The van der Waals surface area contributed by atoms with Gasteiger partial charge in [-0.1, -0.05) is 25.1 Å². The Morgan fingerprint density at radius 1 is 0.742 bits per heavy atom. The highest BCUT2D eigenvalue weighted by Crippen LogP contribution is 2.45. The summed E-state index contributed by atoms with van der Waals surface area (Å²) in [5.41, 5.74) is 6.92. The average molecular weight is 1340 g/mol. The third kappa shape index (κ3) is 16.9. The first kappa shape index (κ1) is 70.8. The largest absolute Gasteiger partial charge is 0.493 e. The molecule has 4 aliphatic heterocycles. The van der Waals surface area contributed by atoms with Crippen LogP contribution in [0.1, 0.15) is 135 Å². The smallest absolute Gasteiger partial charge is 0.329 e. The van der Waals surface area contributed by atoms with Gasteiger partial charge >= 0.3 is 5.97 Å². The SMILES string of the molecule is CC[C@H](C(=O)N1CCCC[C@H]1C(=O)O[C@H](CCc1ccc(OC)c(OC)c1)c1cccc(OCC(=O)NCCOCCOCCC(=O)N2CCC(n3nc(N4CCCc5cc(-c6cnn(C)c6)c(C(F)F)cc54)c4c3CCN(C(C)=O)C4)CC2)c1)c1cc(OC)c(OC)c(OC)c1. The van der Waals surface area contributed by atoms with E-state index in [-0.39, 0.29) is 81.2 Å². The van der Waals surface area contributed by atoms with Crippen LogP contribution in [-0.4, -0.2) is 178 Å². The lowest BCUT2D eigenvalue weighted by Crippen LogP contribution is -2.50. The maximum absolute atomic E-state index is 14.8. The first-order valence-electron chi connectivity index (χ1n) is 33.6. The normalized spacial score (nSPS) is 16.3. The number of piperidine rings is 2. The molecule has 3 atom stereocenters. The highest BCUT2D eigenvalue weighted by Gasteiger charge is 2.40. The fraction of sp³-hybridized carbons (Fsp3) is 0.514. The minimum atomic E-state index is -2.71. The van der Waals surface area contributed by atoms with Gasteiger partial charge in [-0.15, -0.1) is 0 Å². The molecule has 23 nitrogen and oxygen atoms in total. The van der Waals surface area contributed by atoms with Gasteiger partial charge in [0.05, 0.1) is 93.1 Å². The number of halogens is 2. The third-order valence-corrected chi connectivity index (χ3v) is 18.8. The van der Waals surface area contributed by atoms with E-state index in [0.29, 0.717) is 152 Å². The Kier molecular flexibility index (Phi) is 24.3. The molecule has 0 radical (unpaired) electrons. The number of carbonyl (C=O) groups excluding carboxylic acids is 5. The van der Waals surface area contributed by atoms with Crippen LogP contribution in [0.2, 0.25) is 0 Å². The molecule has 1 N–H and O–H groups in total. The van der Waals surface area contributed by atoms with Crippen molar-refractivity contribution in [3.05, 3.63) is 118 Å². The second-order valence-electron chi connectivity index (χ2n) is 24.8. The molecule has 2 saturated heterocycles. The van der Waals surface area contributed by atoms with E-state index in [1.54, 1.807) is 86.6 Å². The molecule has 6 heterocycles. The number of aromatic nitrogens is 4. The molecule has 0 aliphatic carbocycles. The van der Waals surface area contributed by atoms with E-state index in [0.717, 1.165) is 48.1 Å². The quantitative estimate of drug-likeness (QED) is 0.0327. The summed E-state index contributed by atoms with van der Waals surface area (Å²) in [6.07, 6.45) is 6.78. The highest BCUT2D eigenvalue weighted by molar-refractivity contribution is 5.89. The molecule has 0 spiro atoms. The zero-order chi connectivity index (χ0) is 68.7. The summed E-state index contributed by atoms with van der Waals surface area (Å²) in [5.74, 6) is 1.74. The van der Waals surface area contributed by atoms with Crippen molar-refractivity contribution in [1.29, 1.82) is 0 Å². The maximum atomic E-state index is 14.8. The van der Waals surface area contributed by atoms with Crippen molar-refractivity contribution in [3.8, 4) is 45.6 Å². The van der Waals surface area contributed by atoms with Crippen molar-refractivity contribution in [1.82, 2.24) is 39.6 Å². The van der Waals surface area contributed by atoms with Gasteiger partial charge in [-0.2, -0.15) is 10.2 Å². The second kappa shape index (κ2) is 33.3. The fourth-order valence-corrected chi connectivity index (χ4v) is 13.7. The van der Waals surface area contributed by atoms with E-state index < -0.39 is 30.5 Å². The molecule has 10 rings (SSSR count). The number of esters is 1. The van der Waals surface area contributed by atoms with Crippen LogP contribution in [-0.2, 0) is 71.0 Å². The van der Waals surface area contributed by atoms with Crippen molar-refractivity contribution < 1.29 is 75.4 Å². The van der Waals surface area contributed by atoms with Gasteiger partial charge in [0.15, 0.2) is 35.4 Å². The molecule has 25 heteroatoms. The Labute approximate surface area is 565 Å². The number of aryl methyl sites for hydroxylation is 3. The first-order valence-corrected chi connectivity index (χ1v) is 33.6. The van der Waals surface area contributed by atoms with Gasteiger partial charge in [0.2, 0.25) is 23.5 Å². The van der Waals surface area contributed by atoms with Crippen molar-refractivity contribution in [2.24, 2.45) is 7.05 Å². The summed E-state index contributed by atoms with van der Waals surface area (Å²) in [5, 5.41) is 12.3. The summed E-state index contributed by atoms with van der Waals surface area (Å²) in [4.78, 5) is 75.7. The van der Waals surface area contributed by atoms with Crippen LogP contribution in [0.15, 0.2) is 79.1 Å². The maximum Gasteiger partial charge on any atom is 0.329 e. The van der Waals surface area contributed by atoms with Crippen LogP contribution in [0, 0.1) is 0 Å². The molecule has 0 bridgehead atoms. The van der Waals surface area contributed by atoms with Crippen LogP contribution >= 0.6 is 0 Å². The van der Waals surface area contributed by atoms with E-state index >= 15 is 0 Å². The molecular formula is C72H91F2N9O14. The van der Waals surface area contributed by atoms with Crippen LogP contribution in [0.5, 0.6) is 34.5 Å². The Hall–Kier alpha value is -8.97. The van der Waals surface area contributed by atoms with Gasteiger partial charge < -0.3 is 67.5 Å². The summed E-state index contributed by atoms with van der Waals surface area (Å²) < 4.78 is 85.1. The number of alkyl halides is 2. The summed E-state index contributed by atoms with van der Waals surface area (Å²) >= 11 is 0. The van der Waals surface area contributed by atoms with Gasteiger partial charge in [-0.05, 0) is 141 Å². The zero-order valence-electron chi connectivity index (χ0n) is 56.9. The summed E-state index contributed by atoms with van der Waals surface area (Å²) in [6, 6.07) is 18.9. The molecule has 522 valence electrons. The zero-order valence-corrected chi connectivity index (χ0v) is 56.9. The molecule has 97 heavy (non-hydrogen) atoms. The van der Waals surface area contributed by atoms with Crippen molar-refractivity contribution in [2.75, 3.05) is 113 Å². The van der Waals surface area contributed by atoms with Crippen molar-refractivity contribution >= 4 is 41.1 Å². The van der Waals surface area contributed by atoms with Gasteiger partial charge in [-0.25, -0.2) is 13.6 Å². The Balaban J connectivity index is 0.676. The number of likely N-dealkylation sites (tertiary alicyclic amines) is 2. The molecule has 2 fully saturated rings. The number of carbonyl (C=O) groups is 5. The molecule has 0 unspecified atom stereocenters. The molecule has 6 aromatic rings. The summed E-state index contributed by atoms with van der Waals surface area (Å²) in [7, 11) is 9.47. The highest BCUT2D eigenvalue weighted by atomic mass is 19.3. The molecule has 4 aromatic carbocycles. The number of hydrogen-bond acceptors (Lipinski definition) is 17. The van der Waals surface area contributed by atoms with Gasteiger partial charge in [0, 0.05) is 93.9 Å². The molecular weight excluding hydrogens is 1250 g/mol. The van der Waals surface area contributed by atoms with Crippen molar-refractivity contribution in [2.45, 2.75) is 128 Å². The lowest BCUT2D eigenvalue weighted by Gasteiger charge is -2.37. The van der Waals surface area contributed by atoms with Crippen LogP contribution in [0.25, 0.3) is 11.1 Å². The monoisotopic (exact) mass is 1340 g/mol. The van der Waals surface area contributed by atoms with Crippen LogP contribution in [0.3, 0.4) is 0 Å². The number of nitrogens with zero attached hydrogens (tertiary/aromatic N) is 8. The Morgan fingerprint density at radius 2 is 1.49 bits per heavy atom. The lowest BCUT2D eigenvalue weighted by atomic mass is 9.91. The van der Waals surface area contributed by atoms with Gasteiger partial charge in [-0.3, -0.25) is 28.5 Å². The van der Waals surface area contributed by atoms with E-state index in [1.165, 1.54) is 21.3 Å². The van der Waals surface area contributed by atoms with E-state index in [2.05, 4.69) is 20.0 Å². The number of hydrogen-bond donors (Lipinski definition) is 1. The van der Waals surface area contributed by atoms with Gasteiger partial charge in [0.1, 0.15) is 17.9 Å². The lowest BCUT2D eigenvalue weighted by molar-refractivity contribution is -0.162. The molecule has 4 aliphatic rings.